The number of hydrogen-bond donors (Lipinski definition) is 2. The summed E-state index contributed by atoms with van der Waals surface area (Å²) in [5, 5.41) is 2.67. The van der Waals surface area contributed by atoms with E-state index < -0.39 is 28.7 Å². The number of hydrogen-bond acceptors (Lipinski definition) is 6. The highest BCUT2D eigenvalue weighted by Gasteiger charge is 2.30. The fourth-order valence-corrected chi connectivity index (χ4v) is 5.84. The number of ketones is 1. The van der Waals surface area contributed by atoms with E-state index >= 15 is 0 Å². The van der Waals surface area contributed by atoms with Gasteiger partial charge in [0.1, 0.15) is 11.5 Å². The van der Waals surface area contributed by atoms with Crippen LogP contribution in [0.4, 0.5) is 5.69 Å². The van der Waals surface area contributed by atoms with E-state index in [1.807, 2.05) is 55.5 Å². The van der Waals surface area contributed by atoms with E-state index in [0.29, 0.717) is 24.3 Å². The van der Waals surface area contributed by atoms with Crippen molar-refractivity contribution in [1.29, 1.82) is 0 Å². The monoisotopic (exact) mass is 547 g/mol. The average molecular weight is 548 g/mol. The number of aromatic amines is 1. The number of imide groups is 1. The van der Waals surface area contributed by atoms with E-state index in [2.05, 4.69) is 4.98 Å². The number of carbonyl (C=O) groups excluding carboxylic acids is 3. The molecule has 0 aliphatic carbocycles. The Bertz CT molecular complexity index is 1560. The third-order valence-electron chi connectivity index (χ3n) is 6.70. The van der Waals surface area contributed by atoms with E-state index in [9.17, 15) is 18.6 Å². The number of benzene rings is 3. The Morgan fingerprint density at radius 1 is 1.05 bits per heavy atom. The number of nitrogens with two attached hydrogens (primary N) is 1. The summed E-state index contributed by atoms with van der Waals surface area (Å²) >= 11 is 0. The normalized spacial score (nSPS) is 12.8. The summed E-state index contributed by atoms with van der Waals surface area (Å²) in [6.45, 7) is 3.37. The zero-order valence-corrected chi connectivity index (χ0v) is 23.2. The fraction of sp³-hybridized carbons (Fsp3) is 0.300. The largest absolute Gasteiger partial charge is 0.497 e. The number of ether oxygens (including phenoxy) is 1. The van der Waals surface area contributed by atoms with Gasteiger partial charge >= 0.3 is 0 Å². The maximum atomic E-state index is 13.9. The lowest BCUT2D eigenvalue weighted by atomic mass is 10.0. The van der Waals surface area contributed by atoms with Gasteiger partial charge in [0, 0.05) is 45.3 Å². The van der Waals surface area contributed by atoms with Gasteiger partial charge in [-0.1, -0.05) is 30.3 Å². The number of aryl methyl sites for hydroxylation is 1. The lowest BCUT2D eigenvalue weighted by Crippen LogP contribution is -2.50. The van der Waals surface area contributed by atoms with Crippen molar-refractivity contribution in [3.05, 3.63) is 71.9 Å². The molecular weight excluding hydrogens is 514 g/mol. The first-order valence-corrected chi connectivity index (χ1v) is 14.3. The van der Waals surface area contributed by atoms with Crippen molar-refractivity contribution in [1.82, 2.24) is 4.98 Å². The first-order valence-electron chi connectivity index (χ1n) is 12.8. The number of aromatic nitrogens is 1. The molecule has 1 aromatic heterocycles. The third-order valence-corrected chi connectivity index (χ3v) is 8.17. The van der Waals surface area contributed by atoms with Gasteiger partial charge in [-0.3, -0.25) is 13.8 Å². The highest BCUT2D eigenvalue weighted by molar-refractivity contribution is 7.85. The second-order valence-electron chi connectivity index (χ2n) is 9.64. The van der Waals surface area contributed by atoms with Gasteiger partial charge in [0.15, 0.2) is 0 Å². The summed E-state index contributed by atoms with van der Waals surface area (Å²) in [6, 6.07) is 17.5. The van der Waals surface area contributed by atoms with E-state index in [4.69, 9.17) is 10.5 Å². The van der Waals surface area contributed by atoms with Crippen molar-refractivity contribution < 1.29 is 23.3 Å². The van der Waals surface area contributed by atoms with Gasteiger partial charge in [-0.15, -0.1) is 0 Å². The Morgan fingerprint density at radius 3 is 2.51 bits per heavy atom. The van der Waals surface area contributed by atoms with Crippen LogP contribution in [0.15, 0.2) is 60.7 Å². The van der Waals surface area contributed by atoms with Crippen LogP contribution in [-0.2, 0) is 31.6 Å². The van der Waals surface area contributed by atoms with E-state index in [-0.39, 0.29) is 23.7 Å². The molecule has 3 aromatic carbocycles. The molecule has 8 nitrogen and oxygen atoms in total. The number of nitrogens with zero attached hydrogens (tertiary/aromatic N) is 1. The standard InChI is InChI=1S/C30H33N3O5S/c1-19(34)7-6-14-39(37)18-27(31)30(36)33(23-11-10-21-8-4-5-9-22(21)15-23)29(35)17-25-20(2)32-28-13-12-24(38-3)16-26(25)28/h4-5,8-13,15-16,27,32H,6-7,14,17-18,31H2,1-3H3/t27-,39?/m0/s1. The van der Waals surface area contributed by atoms with Crippen molar-refractivity contribution in [3.8, 4) is 5.75 Å². The second kappa shape index (κ2) is 12.4. The SMILES string of the molecule is COc1ccc2[nH]c(C)c(CC(=O)N(C(=O)[C@@H](N)CS(=O)CCCC(C)=O)c3ccc4ccccc4c3)c2c1. The minimum atomic E-state index is -1.41. The van der Waals surface area contributed by atoms with E-state index in [1.54, 1.807) is 19.2 Å². The van der Waals surface area contributed by atoms with Gasteiger partial charge < -0.3 is 20.2 Å². The van der Waals surface area contributed by atoms with Crippen LogP contribution >= 0.6 is 0 Å². The first kappa shape index (κ1) is 28.2. The van der Waals surface area contributed by atoms with Crippen LogP contribution < -0.4 is 15.4 Å². The number of H-pyrrole nitrogens is 1. The predicted molar refractivity (Wildman–Crippen MR) is 155 cm³/mol. The molecule has 204 valence electrons. The highest BCUT2D eigenvalue weighted by atomic mass is 32.2. The van der Waals surface area contributed by atoms with Crippen LogP contribution in [0.5, 0.6) is 5.75 Å². The molecule has 0 saturated heterocycles. The van der Waals surface area contributed by atoms with E-state index in [1.165, 1.54) is 6.92 Å². The molecule has 0 fully saturated rings. The van der Waals surface area contributed by atoms with Gasteiger partial charge in [-0.05, 0) is 66.9 Å². The molecule has 2 atom stereocenters. The third kappa shape index (κ3) is 6.61. The molecule has 0 aliphatic heterocycles. The lowest BCUT2D eigenvalue weighted by molar-refractivity contribution is -0.126. The maximum Gasteiger partial charge on any atom is 0.251 e. The van der Waals surface area contributed by atoms with Crippen molar-refractivity contribution in [2.24, 2.45) is 5.73 Å². The number of carbonyl (C=O) groups is 3. The molecule has 9 heteroatoms. The molecular formula is C30H33N3O5S. The molecule has 0 bridgehead atoms. The molecule has 0 aliphatic rings. The highest BCUT2D eigenvalue weighted by Crippen LogP contribution is 2.29. The zero-order valence-electron chi connectivity index (χ0n) is 22.4. The Morgan fingerprint density at radius 2 is 1.79 bits per heavy atom. The number of fused-ring (bicyclic) bond motifs is 2. The molecule has 4 rings (SSSR count). The van der Waals surface area contributed by atoms with Crippen LogP contribution in [-0.4, -0.2) is 51.4 Å². The van der Waals surface area contributed by atoms with Gasteiger partial charge in [0.2, 0.25) is 5.91 Å². The quantitative estimate of drug-likeness (QED) is 0.290. The number of nitrogens with one attached hydrogen (secondary N) is 1. The number of amides is 2. The topological polar surface area (TPSA) is 123 Å². The first-order chi connectivity index (χ1) is 18.7. The van der Waals surface area contributed by atoms with Gasteiger partial charge in [0.25, 0.3) is 5.91 Å². The van der Waals surface area contributed by atoms with Gasteiger partial charge in [-0.2, -0.15) is 0 Å². The summed E-state index contributed by atoms with van der Waals surface area (Å²) in [7, 11) is 0.172. The van der Waals surface area contributed by atoms with Gasteiger partial charge in [-0.25, -0.2) is 4.90 Å². The van der Waals surface area contributed by atoms with Gasteiger partial charge in [0.05, 0.1) is 25.3 Å². The smallest absolute Gasteiger partial charge is 0.251 e. The lowest BCUT2D eigenvalue weighted by Gasteiger charge is -2.25. The Hall–Kier alpha value is -3.82. The number of Topliss-reactive ketones (excluding diaryl/α,β-unsaturated/α-hetero) is 1. The summed E-state index contributed by atoms with van der Waals surface area (Å²) in [6.07, 6.45) is 0.733. The zero-order chi connectivity index (χ0) is 28.1. The predicted octanol–water partition coefficient (Wildman–Crippen LogP) is 4.19. The van der Waals surface area contributed by atoms with Crippen LogP contribution in [0.2, 0.25) is 0 Å². The molecule has 4 aromatic rings. The Balaban J connectivity index is 1.65. The van der Waals surface area contributed by atoms with Crippen molar-refractivity contribution in [3.63, 3.8) is 0 Å². The number of methoxy groups -OCH3 is 1. The van der Waals surface area contributed by atoms with Crippen LogP contribution in [0.3, 0.4) is 0 Å². The summed E-state index contributed by atoms with van der Waals surface area (Å²) < 4.78 is 18.0. The van der Waals surface area contributed by atoms with Crippen molar-refractivity contribution >= 4 is 55.8 Å². The Kier molecular flexibility index (Phi) is 8.93. The molecule has 0 saturated carbocycles. The number of rotatable bonds is 11. The average Bonchev–Trinajstić information content (AvgIpc) is 3.22. The van der Waals surface area contributed by atoms with Crippen molar-refractivity contribution in [2.75, 3.05) is 23.5 Å². The minimum Gasteiger partial charge on any atom is -0.497 e. The molecule has 2 amide bonds. The molecule has 1 unspecified atom stereocenters. The van der Waals surface area contributed by atoms with Crippen molar-refractivity contribution in [2.45, 2.75) is 39.2 Å². The molecule has 3 N–H and O–H groups in total. The number of anilines is 1. The summed E-state index contributed by atoms with van der Waals surface area (Å²) in [5.41, 5.74) is 9.07. The van der Waals surface area contributed by atoms with E-state index in [0.717, 1.165) is 37.8 Å². The van der Waals surface area contributed by atoms with Crippen LogP contribution in [0, 0.1) is 6.92 Å². The minimum absolute atomic E-state index is 0.0191. The summed E-state index contributed by atoms with van der Waals surface area (Å²) in [4.78, 5) is 43.2. The van der Waals surface area contributed by atoms with Crippen LogP contribution in [0.25, 0.3) is 21.7 Å². The molecule has 1 heterocycles. The molecule has 0 radical (unpaired) electrons. The summed E-state index contributed by atoms with van der Waals surface area (Å²) in [5.74, 6) is -0.221. The molecule has 0 spiro atoms. The van der Waals surface area contributed by atoms with Crippen LogP contribution in [0.1, 0.15) is 31.0 Å². The second-order valence-corrected chi connectivity index (χ2v) is 11.3. The Labute approximate surface area is 230 Å². The fourth-order valence-electron chi connectivity index (χ4n) is 4.66. The molecule has 39 heavy (non-hydrogen) atoms. The maximum absolute atomic E-state index is 13.9.